The van der Waals surface area contributed by atoms with Gasteiger partial charge >= 0.3 is 0 Å². The summed E-state index contributed by atoms with van der Waals surface area (Å²) < 4.78 is 21.3. The third kappa shape index (κ3) is 5.00. The van der Waals surface area contributed by atoms with Crippen molar-refractivity contribution in [3.63, 3.8) is 0 Å². The van der Waals surface area contributed by atoms with Gasteiger partial charge in [-0.2, -0.15) is 0 Å². The van der Waals surface area contributed by atoms with Crippen molar-refractivity contribution in [3.05, 3.63) is 12.2 Å². The van der Waals surface area contributed by atoms with Gasteiger partial charge in [0.25, 0.3) is 0 Å². The van der Waals surface area contributed by atoms with Crippen LogP contribution in [-0.2, 0) is 9.05 Å². The van der Waals surface area contributed by atoms with Gasteiger partial charge in [0.05, 0.1) is 5.75 Å². The molecule has 0 bridgehead atoms. The second kappa shape index (κ2) is 5.87. The average molecular weight is 252 g/mol. The van der Waals surface area contributed by atoms with Crippen LogP contribution < -0.4 is 0 Å². The molecule has 0 aromatic rings. The van der Waals surface area contributed by atoms with E-state index >= 15 is 0 Å². The van der Waals surface area contributed by atoms with Crippen molar-refractivity contribution in [3.8, 4) is 0 Å². The minimum Gasteiger partial charge on any atom is -0.300 e. The maximum atomic E-state index is 10.7. The molecule has 0 N–H and O–H groups in total. The van der Waals surface area contributed by atoms with Crippen molar-refractivity contribution < 1.29 is 8.42 Å². The van der Waals surface area contributed by atoms with Crippen LogP contribution in [0, 0.1) is 0 Å². The molecule has 0 radical (unpaired) electrons. The first-order chi connectivity index (χ1) is 7.03. The van der Waals surface area contributed by atoms with Gasteiger partial charge in [0.1, 0.15) is 0 Å². The van der Waals surface area contributed by atoms with Gasteiger partial charge in [-0.1, -0.05) is 19.1 Å². The number of nitrogens with zero attached hydrogens (tertiary/aromatic N) is 1. The second-order valence-electron chi connectivity index (χ2n) is 3.84. The predicted molar refractivity (Wildman–Crippen MR) is 63.7 cm³/mol. The minimum atomic E-state index is -3.37. The van der Waals surface area contributed by atoms with E-state index in [9.17, 15) is 8.42 Å². The zero-order valence-electron chi connectivity index (χ0n) is 9.02. The van der Waals surface area contributed by atoms with Gasteiger partial charge in [-0.15, -0.1) is 0 Å². The maximum absolute atomic E-state index is 10.7. The normalized spacial score (nSPS) is 24.0. The van der Waals surface area contributed by atoms with Crippen LogP contribution in [0.15, 0.2) is 12.2 Å². The molecule has 0 aliphatic carbocycles. The third-order valence-corrected chi connectivity index (χ3v) is 3.74. The van der Waals surface area contributed by atoms with Crippen LogP contribution in [0.3, 0.4) is 0 Å². The molecule has 1 aliphatic rings. The van der Waals surface area contributed by atoms with Crippen molar-refractivity contribution in [1.29, 1.82) is 0 Å². The molecule has 1 rings (SSSR count). The Morgan fingerprint density at radius 3 is 2.80 bits per heavy atom. The smallest absolute Gasteiger partial charge is 0.236 e. The fourth-order valence-corrected chi connectivity index (χ4v) is 2.60. The Bertz CT molecular complexity index is 313. The standard InChI is InChI=1S/C10H18ClNO2S/c1-2-12-8-5-7-10(12)6-3-4-9-15(11,13)14/h3-4,10H,2,5-9H2,1H3/b4-3-. The summed E-state index contributed by atoms with van der Waals surface area (Å²) in [5.41, 5.74) is 0. The Balaban J connectivity index is 2.30. The third-order valence-electron chi connectivity index (χ3n) is 2.78. The topological polar surface area (TPSA) is 37.4 Å². The highest BCUT2D eigenvalue weighted by Gasteiger charge is 2.21. The molecule has 1 saturated heterocycles. The molecule has 0 aromatic heterocycles. The molecule has 5 heteroatoms. The Hall–Kier alpha value is -0.0600. The van der Waals surface area contributed by atoms with Crippen LogP contribution in [0.2, 0.25) is 0 Å². The molecular formula is C10H18ClNO2S. The van der Waals surface area contributed by atoms with E-state index in [2.05, 4.69) is 11.8 Å². The minimum absolute atomic E-state index is 0.0621. The fraction of sp³-hybridized carbons (Fsp3) is 0.800. The number of halogens is 1. The lowest BCUT2D eigenvalue weighted by Crippen LogP contribution is -2.28. The molecule has 1 atom stereocenters. The molecule has 1 heterocycles. The molecule has 1 fully saturated rings. The summed E-state index contributed by atoms with van der Waals surface area (Å²) >= 11 is 0. The van der Waals surface area contributed by atoms with Gasteiger partial charge in [-0.25, -0.2) is 8.42 Å². The van der Waals surface area contributed by atoms with Gasteiger partial charge in [0.15, 0.2) is 0 Å². The summed E-state index contributed by atoms with van der Waals surface area (Å²) in [6.45, 7) is 4.40. The van der Waals surface area contributed by atoms with Crippen LogP contribution in [0.25, 0.3) is 0 Å². The molecule has 0 saturated carbocycles. The lowest BCUT2D eigenvalue weighted by Gasteiger charge is -2.20. The molecule has 3 nitrogen and oxygen atoms in total. The highest BCUT2D eigenvalue weighted by molar-refractivity contribution is 8.13. The largest absolute Gasteiger partial charge is 0.300 e. The van der Waals surface area contributed by atoms with E-state index in [1.54, 1.807) is 6.08 Å². The van der Waals surface area contributed by atoms with Crippen LogP contribution in [0.4, 0.5) is 0 Å². The highest BCUT2D eigenvalue weighted by Crippen LogP contribution is 2.19. The summed E-state index contributed by atoms with van der Waals surface area (Å²) in [7, 11) is 1.73. The quantitative estimate of drug-likeness (QED) is 0.554. The zero-order valence-corrected chi connectivity index (χ0v) is 10.6. The van der Waals surface area contributed by atoms with Crippen molar-refractivity contribution in [2.45, 2.75) is 32.2 Å². The van der Waals surface area contributed by atoms with Gasteiger partial charge in [0, 0.05) is 16.7 Å². The average Bonchev–Trinajstić information content (AvgIpc) is 2.58. The SMILES string of the molecule is CCN1CCCC1C/C=C\CS(=O)(=O)Cl. The van der Waals surface area contributed by atoms with E-state index in [-0.39, 0.29) is 5.75 Å². The lowest BCUT2D eigenvalue weighted by molar-refractivity contribution is 0.269. The molecule has 0 amide bonds. The second-order valence-corrected chi connectivity index (χ2v) is 6.66. The predicted octanol–water partition coefficient (Wildman–Crippen LogP) is 1.99. The Morgan fingerprint density at radius 2 is 2.20 bits per heavy atom. The molecule has 0 spiro atoms. The number of hydrogen-bond donors (Lipinski definition) is 0. The van der Waals surface area contributed by atoms with Crippen LogP contribution in [-0.4, -0.2) is 38.2 Å². The fourth-order valence-electron chi connectivity index (χ4n) is 2.01. The number of rotatable bonds is 5. The Kier molecular flexibility index (Phi) is 5.09. The molecule has 88 valence electrons. The summed E-state index contributed by atoms with van der Waals surface area (Å²) in [5, 5.41) is 0. The summed E-state index contributed by atoms with van der Waals surface area (Å²) in [5.74, 6) is -0.0621. The first-order valence-electron chi connectivity index (χ1n) is 5.34. The van der Waals surface area contributed by atoms with Gasteiger partial charge in [-0.3, -0.25) is 0 Å². The highest BCUT2D eigenvalue weighted by atomic mass is 35.7. The lowest BCUT2D eigenvalue weighted by atomic mass is 10.1. The van der Waals surface area contributed by atoms with Crippen LogP contribution in [0.5, 0.6) is 0 Å². The first kappa shape index (κ1) is 13.0. The first-order valence-corrected chi connectivity index (χ1v) is 7.82. The van der Waals surface area contributed by atoms with Crippen LogP contribution in [0.1, 0.15) is 26.2 Å². The van der Waals surface area contributed by atoms with Gasteiger partial charge < -0.3 is 4.90 Å². The zero-order chi connectivity index (χ0) is 11.3. The van der Waals surface area contributed by atoms with E-state index in [0.717, 1.165) is 13.0 Å². The molecule has 1 unspecified atom stereocenters. The number of hydrogen-bond acceptors (Lipinski definition) is 3. The van der Waals surface area contributed by atoms with E-state index in [1.165, 1.54) is 19.4 Å². The summed E-state index contributed by atoms with van der Waals surface area (Å²) in [4.78, 5) is 2.43. The van der Waals surface area contributed by atoms with Crippen molar-refractivity contribution in [2.24, 2.45) is 0 Å². The van der Waals surface area contributed by atoms with Gasteiger partial charge in [-0.05, 0) is 32.4 Å². The summed E-state index contributed by atoms with van der Waals surface area (Å²) in [6.07, 6.45) is 6.97. The molecular weight excluding hydrogens is 234 g/mol. The van der Waals surface area contributed by atoms with E-state index in [0.29, 0.717) is 6.04 Å². The van der Waals surface area contributed by atoms with E-state index < -0.39 is 9.05 Å². The van der Waals surface area contributed by atoms with Crippen LogP contribution >= 0.6 is 10.7 Å². The van der Waals surface area contributed by atoms with E-state index in [4.69, 9.17) is 10.7 Å². The van der Waals surface area contributed by atoms with Crippen molar-refractivity contribution in [2.75, 3.05) is 18.8 Å². The summed E-state index contributed by atoms with van der Waals surface area (Å²) in [6, 6.07) is 0.587. The Morgan fingerprint density at radius 1 is 1.47 bits per heavy atom. The van der Waals surface area contributed by atoms with Crippen molar-refractivity contribution >= 4 is 19.7 Å². The van der Waals surface area contributed by atoms with Gasteiger partial charge in [0.2, 0.25) is 9.05 Å². The molecule has 0 aromatic carbocycles. The monoisotopic (exact) mass is 251 g/mol. The van der Waals surface area contributed by atoms with Crippen molar-refractivity contribution in [1.82, 2.24) is 4.90 Å². The number of likely N-dealkylation sites (tertiary alicyclic amines) is 1. The maximum Gasteiger partial charge on any atom is 0.236 e. The van der Waals surface area contributed by atoms with E-state index in [1.807, 2.05) is 6.08 Å². The molecule has 15 heavy (non-hydrogen) atoms. The molecule has 1 aliphatic heterocycles. The Labute approximate surface area is 96.5 Å².